The second kappa shape index (κ2) is 8.91. The number of hydrogen-bond donors (Lipinski definition) is 1. The van der Waals surface area contributed by atoms with Crippen molar-refractivity contribution in [2.45, 2.75) is 32.3 Å². The molecule has 1 atom stereocenters. The van der Waals surface area contributed by atoms with Crippen LogP contribution in [0.4, 0.5) is 5.69 Å². The minimum Gasteiger partial charge on any atom is -0.482 e. The number of aliphatic carboxylic acids is 1. The van der Waals surface area contributed by atoms with Gasteiger partial charge in [0.25, 0.3) is 0 Å². The Balaban J connectivity index is 1.62. The number of nitro groups is 1. The summed E-state index contributed by atoms with van der Waals surface area (Å²) in [5.74, 6) is -1.38. The van der Waals surface area contributed by atoms with Crippen LogP contribution in [0.15, 0.2) is 66.9 Å². The molecule has 1 heterocycles. The predicted molar refractivity (Wildman–Crippen MR) is 134 cm³/mol. The van der Waals surface area contributed by atoms with E-state index in [0.29, 0.717) is 24.0 Å². The van der Waals surface area contributed by atoms with Crippen molar-refractivity contribution in [3.63, 3.8) is 0 Å². The average molecular weight is 471 g/mol. The molecule has 0 fully saturated rings. The van der Waals surface area contributed by atoms with Crippen LogP contribution in [0, 0.1) is 16.0 Å². The van der Waals surface area contributed by atoms with Crippen LogP contribution in [0.1, 0.15) is 23.6 Å². The van der Waals surface area contributed by atoms with Crippen LogP contribution in [-0.2, 0) is 31.1 Å². The summed E-state index contributed by atoms with van der Waals surface area (Å²) in [6.07, 6.45) is 3.31. The van der Waals surface area contributed by atoms with Gasteiger partial charge in [0.2, 0.25) is 5.75 Å². The fraction of sp³-hybridized carbons (Fsp3) is 0.250. The quantitative estimate of drug-likeness (QED) is 0.282. The highest BCUT2D eigenvalue weighted by Gasteiger charge is 2.29. The molecule has 0 saturated heterocycles. The van der Waals surface area contributed by atoms with Gasteiger partial charge in [-0.05, 0) is 52.9 Å². The first-order valence-electron chi connectivity index (χ1n) is 11.6. The molecule has 0 saturated carbocycles. The molecule has 7 heteroatoms. The number of benzene rings is 3. The van der Waals surface area contributed by atoms with E-state index in [9.17, 15) is 20.0 Å². The van der Waals surface area contributed by atoms with E-state index in [2.05, 4.69) is 12.1 Å². The number of carboxylic acids is 1. The van der Waals surface area contributed by atoms with Crippen molar-refractivity contribution in [3.05, 3.63) is 93.7 Å². The van der Waals surface area contributed by atoms with Crippen LogP contribution in [0.2, 0.25) is 0 Å². The summed E-state index contributed by atoms with van der Waals surface area (Å²) in [6, 6.07) is 19.3. The van der Waals surface area contributed by atoms with Crippen LogP contribution in [0.5, 0.6) is 5.75 Å². The highest BCUT2D eigenvalue weighted by atomic mass is 16.6. The summed E-state index contributed by atoms with van der Waals surface area (Å²) in [6.45, 7) is 1.60. The number of nitrogens with zero attached hydrogens (tertiary/aromatic N) is 2. The van der Waals surface area contributed by atoms with E-state index in [0.717, 1.165) is 16.5 Å². The van der Waals surface area contributed by atoms with Crippen molar-refractivity contribution in [2.75, 3.05) is 0 Å². The summed E-state index contributed by atoms with van der Waals surface area (Å²) in [4.78, 5) is 23.2. The second-order valence-corrected chi connectivity index (χ2v) is 9.31. The van der Waals surface area contributed by atoms with E-state index in [1.165, 1.54) is 17.2 Å². The van der Waals surface area contributed by atoms with E-state index in [1.54, 1.807) is 6.92 Å². The van der Waals surface area contributed by atoms with E-state index < -0.39 is 16.8 Å². The molecule has 0 radical (unpaired) electrons. The average Bonchev–Trinajstić information content (AvgIpc) is 3.41. The number of nitro benzene ring substituents is 1. The first-order chi connectivity index (χ1) is 16.8. The number of aromatic nitrogens is 1. The summed E-state index contributed by atoms with van der Waals surface area (Å²) in [7, 11) is 1.97. The Morgan fingerprint density at radius 2 is 1.86 bits per heavy atom. The third-order valence-electron chi connectivity index (χ3n) is 6.78. The van der Waals surface area contributed by atoms with Crippen LogP contribution in [0.3, 0.4) is 0 Å². The van der Waals surface area contributed by atoms with E-state index in [1.807, 2.05) is 60.3 Å². The van der Waals surface area contributed by atoms with E-state index in [-0.39, 0.29) is 24.0 Å². The van der Waals surface area contributed by atoms with Crippen molar-refractivity contribution < 1.29 is 19.6 Å². The molecular formula is C28H26N2O5. The Bertz CT molecular complexity index is 1430. The molecule has 0 spiro atoms. The molecule has 5 rings (SSSR count). The Morgan fingerprint density at radius 1 is 1.14 bits per heavy atom. The second-order valence-electron chi connectivity index (χ2n) is 9.31. The molecule has 1 aliphatic carbocycles. The number of aryl methyl sites for hydroxylation is 1. The van der Waals surface area contributed by atoms with Gasteiger partial charge in [0.15, 0.2) is 0 Å². The SMILES string of the molecule is CC(Cc1cc(-c2ccc3c(ccn3C)c2)c(OC2Cc3ccccc3C2)c([N+](=O)[O-])c1)C(=O)O. The molecule has 1 unspecified atom stereocenters. The van der Waals surface area contributed by atoms with Gasteiger partial charge in [0.05, 0.1) is 10.8 Å². The minimum absolute atomic E-state index is 0.140. The zero-order valence-corrected chi connectivity index (χ0v) is 19.6. The maximum atomic E-state index is 12.2. The smallest absolute Gasteiger partial charge is 0.311 e. The summed E-state index contributed by atoms with van der Waals surface area (Å²) in [5.41, 5.74) is 5.29. The molecule has 178 valence electrons. The number of carboxylic acid groups (broad SMARTS) is 1. The van der Waals surface area contributed by atoms with Gasteiger partial charge in [-0.3, -0.25) is 14.9 Å². The van der Waals surface area contributed by atoms with Gasteiger partial charge in [0.1, 0.15) is 6.10 Å². The van der Waals surface area contributed by atoms with Gasteiger partial charge >= 0.3 is 11.7 Å². The molecule has 4 aromatic rings. The Labute approximate surface area is 202 Å². The van der Waals surface area contributed by atoms with Crippen molar-refractivity contribution in [3.8, 4) is 16.9 Å². The molecule has 0 aliphatic heterocycles. The zero-order valence-electron chi connectivity index (χ0n) is 19.6. The van der Waals surface area contributed by atoms with Gasteiger partial charge < -0.3 is 14.4 Å². The topological polar surface area (TPSA) is 94.6 Å². The Kier molecular flexibility index (Phi) is 5.76. The van der Waals surface area contributed by atoms with Gasteiger partial charge in [-0.2, -0.15) is 0 Å². The number of fused-ring (bicyclic) bond motifs is 2. The largest absolute Gasteiger partial charge is 0.482 e. The van der Waals surface area contributed by atoms with Gasteiger partial charge in [-0.15, -0.1) is 0 Å². The fourth-order valence-corrected chi connectivity index (χ4v) is 4.92. The van der Waals surface area contributed by atoms with E-state index >= 15 is 0 Å². The maximum Gasteiger partial charge on any atom is 0.311 e. The normalized spacial score (nSPS) is 14.1. The molecule has 7 nitrogen and oxygen atoms in total. The first kappa shape index (κ1) is 22.7. The lowest BCUT2D eigenvalue weighted by atomic mass is 9.94. The maximum absolute atomic E-state index is 12.2. The standard InChI is InChI=1S/C28H26N2O5/c1-17(28(31)32)11-18-12-24(21-7-8-25-22(14-21)9-10-29(25)2)27(26(13-18)30(33)34)35-23-15-19-5-3-4-6-20(19)16-23/h3-10,12-14,17,23H,11,15-16H2,1-2H3,(H,31,32). The lowest BCUT2D eigenvalue weighted by Gasteiger charge is -2.19. The number of carbonyl (C=O) groups is 1. The fourth-order valence-electron chi connectivity index (χ4n) is 4.92. The molecule has 3 aromatic carbocycles. The number of ether oxygens (including phenoxy) is 1. The highest BCUT2D eigenvalue weighted by Crippen LogP contribution is 2.42. The highest BCUT2D eigenvalue weighted by molar-refractivity contribution is 5.88. The predicted octanol–water partition coefficient (Wildman–Crippen LogP) is 5.56. The van der Waals surface area contributed by atoms with Gasteiger partial charge in [-0.1, -0.05) is 37.3 Å². The molecule has 0 bridgehead atoms. The van der Waals surface area contributed by atoms with Crippen LogP contribution >= 0.6 is 0 Å². The van der Waals surface area contributed by atoms with Crippen LogP contribution in [-0.4, -0.2) is 26.7 Å². The molecule has 0 amide bonds. The van der Waals surface area contributed by atoms with Gasteiger partial charge in [-0.25, -0.2) is 0 Å². The lowest BCUT2D eigenvalue weighted by molar-refractivity contribution is -0.386. The monoisotopic (exact) mass is 470 g/mol. The van der Waals surface area contributed by atoms with Crippen LogP contribution in [0.25, 0.3) is 22.0 Å². The lowest BCUT2D eigenvalue weighted by Crippen LogP contribution is -2.18. The number of hydrogen-bond acceptors (Lipinski definition) is 4. The molecule has 35 heavy (non-hydrogen) atoms. The van der Waals surface area contributed by atoms with Crippen molar-refractivity contribution in [2.24, 2.45) is 13.0 Å². The summed E-state index contributed by atoms with van der Waals surface area (Å²) >= 11 is 0. The molecule has 1 aliphatic rings. The van der Waals surface area contributed by atoms with Crippen LogP contribution < -0.4 is 4.74 Å². The molecular weight excluding hydrogens is 444 g/mol. The Morgan fingerprint density at radius 3 is 2.51 bits per heavy atom. The summed E-state index contributed by atoms with van der Waals surface area (Å²) in [5, 5.41) is 22.6. The Hall–Kier alpha value is -4.13. The third kappa shape index (κ3) is 4.37. The molecule has 1 N–H and O–H groups in total. The zero-order chi connectivity index (χ0) is 24.7. The third-order valence-corrected chi connectivity index (χ3v) is 6.78. The minimum atomic E-state index is -0.941. The van der Waals surface area contributed by atoms with E-state index in [4.69, 9.17) is 4.74 Å². The summed E-state index contributed by atoms with van der Waals surface area (Å²) < 4.78 is 8.41. The van der Waals surface area contributed by atoms with Crippen molar-refractivity contribution >= 4 is 22.6 Å². The first-order valence-corrected chi connectivity index (χ1v) is 11.6. The van der Waals surface area contributed by atoms with Gasteiger partial charge in [0, 0.05) is 48.6 Å². The van der Waals surface area contributed by atoms with Crippen molar-refractivity contribution in [1.29, 1.82) is 0 Å². The number of rotatable bonds is 7. The van der Waals surface area contributed by atoms with Crippen molar-refractivity contribution in [1.82, 2.24) is 4.57 Å². The molecule has 1 aromatic heterocycles.